The van der Waals surface area contributed by atoms with Crippen LogP contribution in [-0.2, 0) is 10.0 Å². The van der Waals surface area contributed by atoms with Gasteiger partial charge >= 0.3 is 0 Å². The van der Waals surface area contributed by atoms with Crippen LogP contribution < -0.4 is 4.72 Å². The molecule has 3 rings (SSSR count). The van der Waals surface area contributed by atoms with E-state index in [1.165, 1.54) is 0 Å². The topological polar surface area (TPSA) is 59.3 Å². The Bertz CT molecular complexity index is 911. The highest BCUT2D eigenvalue weighted by Gasteiger charge is 2.15. The molecule has 0 aliphatic rings. The number of hydrogen-bond acceptors (Lipinski definition) is 3. The summed E-state index contributed by atoms with van der Waals surface area (Å²) in [6.45, 7) is 3.83. The summed E-state index contributed by atoms with van der Waals surface area (Å²) in [5.41, 5.74) is 3.30. The van der Waals surface area contributed by atoms with E-state index in [0.717, 1.165) is 16.7 Å². The molecule has 0 atom stereocenters. The summed E-state index contributed by atoms with van der Waals surface area (Å²) >= 11 is 0. The van der Waals surface area contributed by atoms with E-state index < -0.39 is 10.0 Å². The van der Waals surface area contributed by atoms with Gasteiger partial charge in [0.2, 0.25) is 0 Å². The molecule has 0 fully saturated rings. The number of anilines is 1. The molecule has 0 unspecified atom stereocenters. The van der Waals surface area contributed by atoms with Crippen LogP contribution in [0.25, 0.3) is 11.3 Å². The van der Waals surface area contributed by atoms with Crippen molar-refractivity contribution in [3.8, 4) is 11.3 Å². The first-order valence-electron chi connectivity index (χ1n) is 7.19. The van der Waals surface area contributed by atoms with Crippen LogP contribution in [-0.4, -0.2) is 8.42 Å². The van der Waals surface area contributed by atoms with Crippen molar-refractivity contribution in [3.05, 3.63) is 72.0 Å². The molecule has 0 spiro atoms. The molecule has 0 amide bonds. The van der Waals surface area contributed by atoms with Gasteiger partial charge in [-0.05, 0) is 61.9 Å². The summed E-state index contributed by atoms with van der Waals surface area (Å²) in [6.07, 6.45) is 1.59. The van der Waals surface area contributed by atoms with Crippen molar-refractivity contribution >= 4 is 15.7 Å². The fourth-order valence-corrected chi connectivity index (χ4v) is 3.40. The maximum absolute atomic E-state index is 12.5. The first kappa shape index (κ1) is 15.4. The summed E-state index contributed by atoms with van der Waals surface area (Å²) in [5.74, 6) is 0.699. The summed E-state index contributed by atoms with van der Waals surface area (Å²) in [6, 6.07) is 15.9. The second-order valence-corrected chi connectivity index (χ2v) is 7.17. The summed E-state index contributed by atoms with van der Waals surface area (Å²) in [4.78, 5) is 0.240. The van der Waals surface area contributed by atoms with Crippen LogP contribution >= 0.6 is 0 Å². The maximum Gasteiger partial charge on any atom is 0.261 e. The molecule has 118 valence electrons. The molecule has 1 aromatic heterocycles. The third-order valence-electron chi connectivity index (χ3n) is 3.47. The highest BCUT2D eigenvalue weighted by molar-refractivity contribution is 7.92. The van der Waals surface area contributed by atoms with E-state index in [9.17, 15) is 8.42 Å². The maximum atomic E-state index is 12.5. The standard InChI is InChI=1S/C18H17NO3S/c1-13-5-7-17(8-6-13)23(20,21)19-16-11-14(2)10-15(12-16)18-4-3-9-22-18/h3-12,19H,1-2H3. The molecule has 1 heterocycles. The molecular formula is C18H17NO3S. The molecular weight excluding hydrogens is 310 g/mol. The van der Waals surface area contributed by atoms with Crippen molar-refractivity contribution in [2.45, 2.75) is 18.7 Å². The lowest BCUT2D eigenvalue weighted by atomic mass is 10.1. The Balaban J connectivity index is 1.95. The van der Waals surface area contributed by atoms with E-state index in [1.54, 1.807) is 48.7 Å². The van der Waals surface area contributed by atoms with Crippen molar-refractivity contribution < 1.29 is 12.8 Å². The van der Waals surface area contributed by atoms with Crippen molar-refractivity contribution in [2.75, 3.05) is 4.72 Å². The van der Waals surface area contributed by atoms with Gasteiger partial charge in [-0.2, -0.15) is 0 Å². The number of benzene rings is 2. The van der Waals surface area contributed by atoms with E-state index in [0.29, 0.717) is 11.4 Å². The van der Waals surface area contributed by atoms with Gasteiger partial charge in [0, 0.05) is 11.3 Å². The van der Waals surface area contributed by atoms with Crippen LogP contribution in [0.2, 0.25) is 0 Å². The number of nitrogens with one attached hydrogen (secondary N) is 1. The van der Waals surface area contributed by atoms with Gasteiger partial charge in [0.1, 0.15) is 5.76 Å². The van der Waals surface area contributed by atoms with Gasteiger partial charge in [0.25, 0.3) is 10.0 Å². The normalized spacial score (nSPS) is 11.4. The molecule has 0 aliphatic heterocycles. The Morgan fingerprint density at radius 1 is 0.913 bits per heavy atom. The van der Waals surface area contributed by atoms with Crippen LogP contribution in [0.5, 0.6) is 0 Å². The van der Waals surface area contributed by atoms with Gasteiger partial charge in [-0.25, -0.2) is 8.42 Å². The van der Waals surface area contributed by atoms with Gasteiger partial charge in [-0.3, -0.25) is 4.72 Å². The van der Waals surface area contributed by atoms with Crippen molar-refractivity contribution in [1.82, 2.24) is 0 Å². The van der Waals surface area contributed by atoms with Crippen LogP contribution in [0.1, 0.15) is 11.1 Å². The number of sulfonamides is 1. The zero-order valence-corrected chi connectivity index (χ0v) is 13.7. The zero-order valence-electron chi connectivity index (χ0n) is 12.9. The highest BCUT2D eigenvalue weighted by atomic mass is 32.2. The third-order valence-corrected chi connectivity index (χ3v) is 4.86. The second-order valence-electron chi connectivity index (χ2n) is 5.48. The Hall–Kier alpha value is -2.53. The van der Waals surface area contributed by atoms with Crippen molar-refractivity contribution in [3.63, 3.8) is 0 Å². The van der Waals surface area contributed by atoms with Crippen LogP contribution in [0.4, 0.5) is 5.69 Å². The molecule has 4 nitrogen and oxygen atoms in total. The number of aryl methyl sites for hydroxylation is 2. The largest absolute Gasteiger partial charge is 0.464 e. The lowest BCUT2D eigenvalue weighted by Gasteiger charge is -2.10. The average Bonchev–Trinajstić information content (AvgIpc) is 3.00. The SMILES string of the molecule is Cc1ccc(S(=O)(=O)Nc2cc(C)cc(-c3ccco3)c2)cc1. The highest BCUT2D eigenvalue weighted by Crippen LogP contribution is 2.26. The summed E-state index contributed by atoms with van der Waals surface area (Å²) in [7, 11) is -3.61. The summed E-state index contributed by atoms with van der Waals surface area (Å²) < 4.78 is 33.0. The fraction of sp³-hybridized carbons (Fsp3) is 0.111. The zero-order chi connectivity index (χ0) is 16.4. The lowest BCUT2D eigenvalue weighted by molar-refractivity contribution is 0.582. The first-order chi connectivity index (χ1) is 10.9. The van der Waals surface area contributed by atoms with E-state index in [2.05, 4.69) is 4.72 Å². The van der Waals surface area contributed by atoms with E-state index in [-0.39, 0.29) is 4.90 Å². The minimum absolute atomic E-state index is 0.240. The molecule has 0 saturated heterocycles. The molecule has 2 aromatic carbocycles. The minimum atomic E-state index is -3.61. The Morgan fingerprint density at radius 3 is 2.30 bits per heavy atom. The van der Waals surface area contributed by atoms with Crippen LogP contribution in [0, 0.1) is 13.8 Å². The van der Waals surface area contributed by atoms with Crippen LogP contribution in [0.3, 0.4) is 0 Å². The number of rotatable bonds is 4. The molecule has 0 aliphatic carbocycles. The van der Waals surface area contributed by atoms with Gasteiger partial charge < -0.3 is 4.42 Å². The Kier molecular flexibility index (Phi) is 3.96. The molecule has 0 bridgehead atoms. The Morgan fingerprint density at radius 2 is 1.65 bits per heavy atom. The third kappa shape index (κ3) is 3.46. The molecule has 0 radical (unpaired) electrons. The quantitative estimate of drug-likeness (QED) is 0.774. The van der Waals surface area contributed by atoms with Gasteiger partial charge in [-0.1, -0.05) is 17.7 Å². The van der Waals surface area contributed by atoms with E-state index in [4.69, 9.17) is 4.42 Å². The predicted molar refractivity (Wildman–Crippen MR) is 90.9 cm³/mol. The summed E-state index contributed by atoms with van der Waals surface area (Å²) in [5, 5.41) is 0. The number of furan rings is 1. The fourth-order valence-electron chi connectivity index (χ4n) is 2.36. The van der Waals surface area contributed by atoms with E-state index in [1.807, 2.05) is 26.0 Å². The van der Waals surface area contributed by atoms with E-state index >= 15 is 0 Å². The number of hydrogen-bond donors (Lipinski definition) is 1. The second kappa shape index (κ2) is 5.93. The lowest BCUT2D eigenvalue weighted by Crippen LogP contribution is -2.13. The minimum Gasteiger partial charge on any atom is -0.464 e. The van der Waals surface area contributed by atoms with Crippen molar-refractivity contribution in [2.24, 2.45) is 0 Å². The Labute approximate surface area is 135 Å². The molecule has 23 heavy (non-hydrogen) atoms. The van der Waals surface area contributed by atoms with Crippen molar-refractivity contribution in [1.29, 1.82) is 0 Å². The van der Waals surface area contributed by atoms with Crippen LogP contribution in [0.15, 0.2) is 70.2 Å². The van der Waals surface area contributed by atoms with Gasteiger partial charge in [0.05, 0.1) is 11.2 Å². The first-order valence-corrected chi connectivity index (χ1v) is 8.67. The predicted octanol–water partition coefficient (Wildman–Crippen LogP) is 4.36. The molecule has 5 heteroatoms. The van der Waals surface area contributed by atoms with Gasteiger partial charge in [-0.15, -0.1) is 0 Å². The molecule has 1 N–H and O–H groups in total. The average molecular weight is 327 g/mol. The molecule has 0 saturated carbocycles. The van der Waals surface area contributed by atoms with Gasteiger partial charge in [0.15, 0.2) is 0 Å². The smallest absolute Gasteiger partial charge is 0.261 e. The monoisotopic (exact) mass is 327 g/mol. The molecule has 3 aromatic rings.